The number of carbonyl (C=O) groups is 1. The molecule has 0 unspecified atom stereocenters. The van der Waals surface area contributed by atoms with Crippen molar-refractivity contribution in [1.82, 2.24) is 9.80 Å². The summed E-state index contributed by atoms with van der Waals surface area (Å²) in [4.78, 5) is 16.9. The number of fused-ring (bicyclic) bond motifs is 2. The molecule has 2 fully saturated rings. The van der Waals surface area contributed by atoms with Crippen molar-refractivity contribution in [3.63, 3.8) is 0 Å². The summed E-state index contributed by atoms with van der Waals surface area (Å²) >= 11 is 0. The highest BCUT2D eigenvalue weighted by atomic mass is 16.7. The molecule has 2 aromatic carbocycles. The Balaban J connectivity index is 1.36. The van der Waals surface area contributed by atoms with Crippen LogP contribution in [0.2, 0.25) is 0 Å². The van der Waals surface area contributed by atoms with Crippen LogP contribution >= 0.6 is 0 Å². The van der Waals surface area contributed by atoms with E-state index in [1.165, 1.54) is 16.7 Å². The highest BCUT2D eigenvalue weighted by molar-refractivity contribution is 5.74. The van der Waals surface area contributed by atoms with Gasteiger partial charge in [-0.05, 0) is 41.7 Å². The van der Waals surface area contributed by atoms with Gasteiger partial charge in [-0.3, -0.25) is 9.69 Å². The van der Waals surface area contributed by atoms with Crippen molar-refractivity contribution < 1.29 is 14.3 Å². The Kier molecular flexibility index (Phi) is 4.27. The highest BCUT2D eigenvalue weighted by Crippen LogP contribution is 2.45. The number of aryl methyl sites for hydroxylation is 1. The molecular weight excluding hydrogens is 352 g/mol. The lowest BCUT2D eigenvalue weighted by molar-refractivity contribution is -0.130. The molecule has 5 heteroatoms. The third-order valence-electron chi connectivity index (χ3n) is 6.51. The van der Waals surface area contributed by atoms with Gasteiger partial charge in [-0.25, -0.2) is 0 Å². The van der Waals surface area contributed by atoms with Crippen molar-refractivity contribution in [1.29, 1.82) is 0 Å². The molecule has 3 aliphatic heterocycles. The molecule has 1 amide bonds. The van der Waals surface area contributed by atoms with Gasteiger partial charge in [0.25, 0.3) is 0 Å². The quantitative estimate of drug-likeness (QED) is 0.821. The Morgan fingerprint density at radius 1 is 1.07 bits per heavy atom. The number of benzene rings is 2. The molecule has 5 rings (SSSR count). The van der Waals surface area contributed by atoms with E-state index in [0.29, 0.717) is 18.6 Å². The Hall–Kier alpha value is -2.53. The van der Waals surface area contributed by atoms with Crippen molar-refractivity contribution in [2.45, 2.75) is 26.4 Å². The number of carbonyl (C=O) groups excluding carboxylic acids is 1. The molecule has 2 saturated heterocycles. The number of amides is 1. The SMILES string of the molecule is CC(=O)N1C[C@H]2CN(Cc3cc4c(cc3C)OCO4)C[C@H]2[C@H]1c1ccccc1. The molecule has 0 aliphatic carbocycles. The Bertz CT molecular complexity index is 898. The van der Waals surface area contributed by atoms with Gasteiger partial charge in [0, 0.05) is 39.0 Å². The molecule has 3 aliphatic rings. The Morgan fingerprint density at radius 2 is 1.82 bits per heavy atom. The van der Waals surface area contributed by atoms with Crippen LogP contribution in [0.1, 0.15) is 29.7 Å². The molecule has 0 spiro atoms. The zero-order valence-corrected chi connectivity index (χ0v) is 16.4. The lowest BCUT2D eigenvalue weighted by Gasteiger charge is -2.29. The molecule has 3 atom stereocenters. The van der Waals surface area contributed by atoms with Crippen LogP contribution < -0.4 is 9.47 Å². The van der Waals surface area contributed by atoms with Gasteiger partial charge in [0.1, 0.15) is 0 Å². The third-order valence-corrected chi connectivity index (χ3v) is 6.51. The summed E-state index contributed by atoms with van der Waals surface area (Å²) in [6, 6.07) is 14.9. The van der Waals surface area contributed by atoms with E-state index in [4.69, 9.17) is 9.47 Å². The number of ether oxygens (including phenoxy) is 2. The van der Waals surface area contributed by atoms with E-state index in [1.54, 1.807) is 6.92 Å². The van der Waals surface area contributed by atoms with Crippen molar-refractivity contribution in [3.8, 4) is 11.5 Å². The monoisotopic (exact) mass is 378 g/mol. The summed E-state index contributed by atoms with van der Waals surface area (Å²) in [6.45, 7) is 7.97. The highest BCUT2D eigenvalue weighted by Gasteiger charge is 2.48. The maximum Gasteiger partial charge on any atom is 0.231 e. The smallest absolute Gasteiger partial charge is 0.231 e. The number of hydrogen-bond donors (Lipinski definition) is 0. The van der Waals surface area contributed by atoms with Gasteiger partial charge in [0.2, 0.25) is 12.7 Å². The van der Waals surface area contributed by atoms with Crippen LogP contribution in [0.4, 0.5) is 0 Å². The summed E-state index contributed by atoms with van der Waals surface area (Å²) in [6.07, 6.45) is 0. The lowest BCUT2D eigenvalue weighted by Crippen LogP contribution is -2.34. The fourth-order valence-electron chi connectivity index (χ4n) is 5.16. The first kappa shape index (κ1) is 17.6. The molecule has 5 nitrogen and oxygen atoms in total. The minimum Gasteiger partial charge on any atom is -0.454 e. The van der Waals surface area contributed by atoms with Gasteiger partial charge in [-0.1, -0.05) is 30.3 Å². The van der Waals surface area contributed by atoms with E-state index in [0.717, 1.165) is 37.7 Å². The summed E-state index contributed by atoms with van der Waals surface area (Å²) < 4.78 is 11.1. The van der Waals surface area contributed by atoms with Crippen molar-refractivity contribution in [2.24, 2.45) is 11.8 Å². The molecule has 0 bridgehead atoms. The first-order valence-corrected chi connectivity index (χ1v) is 10.0. The zero-order valence-electron chi connectivity index (χ0n) is 16.4. The standard InChI is InChI=1S/C23H26N2O3/c1-15-8-21-22(28-14-27-21)9-18(15)10-24-11-19-12-25(16(2)26)23(20(19)13-24)17-6-4-3-5-7-17/h3-9,19-20,23H,10-14H2,1-2H3/t19-,20-,23-/m1/s1. The molecular formula is C23H26N2O3. The second-order valence-electron chi connectivity index (χ2n) is 8.28. The molecule has 2 aromatic rings. The second kappa shape index (κ2) is 6.82. The summed E-state index contributed by atoms with van der Waals surface area (Å²) in [5.74, 6) is 2.90. The van der Waals surface area contributed by atoms with Gasteiger partial charge >= 0.3 is 0 Å². The lowest BCUT2D eigenvalue weighted by atomic mass is 9.89. The van der Waals surface area contributed by atoms with Gasteiger partial charge in [-0.2, -0.15) is 0 Å². The van der Waals surface area contributed by atoms with E-state index in [9.17, 15) is 4.79 Å². The molecule has 0 radical (unpaired) electrons. The van der Waals surface area contributed by atoms with Gasteiger partial charge in [-0.15, -0.1) is 0 Å². The molecule has 3 heterocycles. The summed E-state index contributed by atoms with van der Waals surface area (Å²) in [5, 5.41) is 0. The van der Waals surface area contributed by atoms with Crippen LogP contribution in [0.25, 0.3) is 0 Å². The third kappa shape index (κ3) is 2.94. The number of hydrogen-bond acceptors (Lipinski definition) is 4. The average molecular weight is 378 g/mol. The second-order valence-corrected chi connectivity index (χ2v) is 8.28. The number of rotatable bonds is 3. The van der Waals surface area contributed by atoms with Crippen LogP contribution in [0.5, 0.6) is 11.5 Å². The van der Waals surface area contributed by atoms with Crippen LogP contribution in [0.15, 0.2) is 42.5 Å². The number of likely N-dealkylation sites (tertiary alicyclic amines) is 2. The maximum absolute atomic E-state index is 12.3. The van der Waals surface area contributed by atoms with Gasteiger partial charge < -0.3 is 14.4 Å². The van der Waals surface area contributed by atoms with Crippen molar-refractivity contribution in [2.75, 3.05) is 26.4 Å². The average Bonchev–Trinajstić information content (AvgIpc) is 3.36. The minimum atomic E-state index is 0.182. The van der Waals surface area contributed by atoms with E-state index in [-0.39, 0.29) is 11.9 Å². The van der Waals surface area contributed by atoms with E-state index < -0.39 is 0 Å². The molecule has 0 aromatic heterocycles. The summed E-state index contributed by atoms with van der Waals surface area (Å²) in [7, 11) is 0. The van der Waals surface area contributed by atoms with Crippen molar-refractivity contribution >= 4 is 5.91 Å². The van der Waals surface area contributed by atoms with Crippen LogP contribution in [-0.2, 0) is 11.3 Å². The minimum absolute atomic E-state index is 0.182. The summed E-state index contributed by atoms with van der Waals surface area (Å²) in [5.41, 5.74) is 3.79. The van der Waals surface area contributed by atoms with Crippen LogP contribution in [0.3, 0.4) is 0 Å². The fraction of sp³-hybridized carbons (Fsp3) is 0.435. The Labute approximate surface area is 165 Å². The topological polar surface area (TPSA) is 42.0 Å². The molecule has 0 saturated carbocycles. The van der Waals surface area contributed by atoms with Gasteiger partial charge in [0.15, 0.2) is 11.5 Å². The van der Waals surface area contributed by atoms with E-state index in [1.807, 2.05) is 6.07 Å². The van der Waals surface area contributed by atoms with Crippen LogP contribution in [0, 0.1) is 18.8 Å². The van der Waals surface area contributed by atoms with E-state index >= 15 is 0 Å². The molecule has 0 N–H and O–H groups in total. The zero-order chi connectivity index (χ0) is 19.3. The first-order valence-electron chi connectivity index (χ1n) is 10.0. The number of nitrogens with zero attached hydrogens (tertiary/aromatic N) is 2. The maximum atomic E-state index is 12.3. The van der Waals surface area contributed by atoms with Gasteiger partial charge in [0.05, 0.1) is 6.04 Å². The molecule has 28 heavy (non-hydrogen) atoms. The van der Waals surface area contributed by atoms with E-state index in [2.05, 4.69) is 53.1 Å². The van der Waals surface area contributed by atoms with Crippen molar-refractivity contribution in [3.05, 3.63) is 59.2 Å². The molecule has 146 valence electrons. The normalized spacial score (nSPS) is 25.9. The largest absolute Gasteiger partial charge is 0.454 e. The predicted molar refractivity (Wildman–Crippen MR) is 106 cm³/mol. The Morgan fingerprint density at radius 3 is 2.57 bits per heavy atom. The first-order chi connectivity index (χ1) is 13.6. The predicted octanol–water partition coefficient (Wildman–Crippen LogP) is 3.38. The van der Waals surface area contributed by atoms with Crippen LogP contribution in [-0.4, -0.2) is 42.1 Å². The fourth-order valence-corrected chi connectivity index (χ4v) is 5.16.